The van der Waals surface area contributed by atoms with Gasteiger partial charge in [-0.3, -0.25) is 0 Å². The van der Waals surface area contributed by atoms with E-state index in [2.05, 4.69) is 27.5 Å². The minimum Gasteiger partial charge on any atom is -0.389 e. The number of rotatable bonds is 9. The number of aryl methyl sites for hydroxylation is 1. The van der Waals surface area contributed by atoms with Crippen molar-refractivity contribution < 1.29 is 9.84 Å². The fraction of sp³-hybridized carbons (Fsp3) is 0.692. The lowest BCUT2D eigenvalue weighted by atomic mass is 10.3. The monoisotopic (exact) mass is 268 g/mol. The van der Waals surface area contributed by atoms with Crippen LogP contribution in [0.4, 0.5) is 11.6 Å². The van der Waals surface area contributed by atoms with Crippen molar-refractivity contribution in [3.63, 3.8) is 0 Å². The molecule has 1 unspecified atom stereocenters. The Morgan fingerprint density at radius 1 is 1.26 bits per heavy atom. The van der Waals surface area contributed by atoms with E-state index >= 15 is 0 Å². The van der Waals surface area contributed by atoms with E-state index in [-0.39, 0.29) is 0 Å². The Morgan fingerprint density at radius 2 is 1.95 bits per heavy atom. The molecule has 0 spiro atoms. The molecule has 0 aromatic carbocycles. The van der Waals surface area contributed by atoms with Crippen molar-refractivity contribution >= 4 is 11.6 Å². The highest BCUT2D eigenvalue weighted by Gasteiger charge is 2.06. The number of methoxy groups -OCH3 is 1. The van der Waals surface area contributed by atoms with Gasteiger partial charge < -0.3 is 20.5 Å². The van der Waals surface area contributed by atoms with Crippen molar-refractivity contribution in [2.75, 3.05) is 37.4 Å². The Bertz CT molecular complexity index is 349. The normalized spacial score (nSPS) is 12.2. The summed E-state index contributed by atoms with van der Waals surface area (Å²) in [6.07, 6.45) is 1.30. The minimum atomic E-state index is -0.544. The minimum absolute atomic E-state index is 0.306. The molecule has 0 bridgehead atoms. The summed E-state index contributed by atoms with van der Waals surface area (Å²) in [6, 6.07) is 1.85. The maximum absolute atomic E-state index is 9.61. The lowest BCUT2D eigenvalue weighted by Crippen LogP contribution is -2.24. The molecule has 19 heavy (non-hydrogen) atoms. The van der Waals surface area contributed by atoms with Crippen LogP contribution in [0.5, 0.6) is 0 Å². The van der Waals surface area contributed by atoms with Crippen LogP contribution in [-0.2, 0) is 11.2 Å². The Hall–Kier alpha value is -1.40. The van der Waals surface area contributed by atoms with Gasteiger partial charge in [0.15, 0.2) is 0 Å². The highest BCUT2D eigenvalue weighted by atomic mass is 16.5. The number of aromatic nitrogens is 2. The largest absolute Gasteiger partial charge is 0.389 e. The molecule has 1 heterocycles. The van der Waals surface area contributed by atoms with Crippen LogP contribution in [0.25, 0.3) is 0 Å². The van der Waals surface area contributed by atoms with Crippen LogP contribution in [0.2, 0.25) is 0 Å². The Labute approximate surface area is 114 Å². The molecule has 0 amide bonds. The summed E-state index contributed by atoms with van der Waals surface area (Å²) in [5, 5.41) is 15.9. The molecule has 0 saturated carbocycles. The molecule has 0 radical (unpaired) electrons. The van der Waals surface area contributed by atoms with E-state index in [1.165, 1.54) is 0 Å². The molecule has 0 aliphatic carbocycles. The van der Waals surface area contributed by atoms with E-state index in [1.54, 1.807) is 7.11 Å². The third kappa shape index (κ3) is 5.85. The second-order valence-electron chi connectivity index (χ2n) is 4.33. The van der Waals surface area contributed by atoms with Crippen LogP contribution in [0.15, 0.2) is 6.07 Å². The maximum atomic E-state index is 9.61. The lowest BCUT2D eigenvalue weighted by Gasteiger charge is -2.13. The first-order valence-electron chi connectivity index (χ1n) is 6.72. The van der Waals surface area contributed by atoms with Crippen molar-refractivity contribution in [1.29, 1.82) is 0 Å². The van der Waals surface area contributed by atoms with Gasteiger partial charge in [0.2, 0.25) is 0 Å². The van der Waals surface area contributed by atoms with Gasteiger partial charge >= 0.3 is 0 Å². The molecule has 1 rings (SSSR count). The number of hydrogen-bond donors (Lipinski definition) is 3. The Kier molecular flexibility index (Phi) is 7.14. The summed E-state index contributed by atoms with van der Waals surface area (Å²) in [7, 11) is 1.57. The van der Waals surface area contributed by atoms with E-state index in [4.69, 9.17) is 4.74 Å². The zero-order valence-corrected chi connectivity index (χ0v) is 11.9. The van der Waals surface area contributed by atoms with Gasteiger partial charge in [0.1, 0.15) is 17.5 Å². The summed E-state index contributed by atoms with van der Waals surface area (Å²) in [4.78, 5) is 8.85. The molecule has 0 aliphatic heterocycles. The third-order valence-electron chi connectivity index (χ3n) is 2.48. The van der Waals surface area contributed by atoms with Gasteiger partial charge in [-0.25, -0.2) is 9.97 Å². The number of nitrogens with zero attached hydrogens (tertiary/aromatic N) is 2. The number of ether oxygens (including phenoxy) is 1. The summed E-state index contributed by atoms with van der Waals surface area (Å²) < 4.78 is 4.88. The van der Waals surface area contributed by atoms with Gasteiger partial charge in [0, 0.05) is 32.7 Å². The molecule has 0 saturated heterocycles. The van der Waals surface area contributed by atoms with Crippen molar-refractivity contribution in [3.8, 4) is 0 Å². The number of hydrogen-bond acceptors (Lipinski definition) is 6. The molecule has 0 aliphatic rings. The predicted octanol–water partition coefficient (Wildman–Crippen LogP) is 1.28. The summed E-state index contributed by atoms with van der Waals surface area (Å²) >= 11 is 0. The number of anilines is 2. The highest BCUT2D eigenvalue weighted by molar-refractivity contribution is 5.47. The van der Waals surface area contributed by atoms with Crippen molar-refractivity contribution in [3.05, 3.63) is 11.9 Å². The number of aliphatic hydroxyl groups excluding tert-OH is 1. The average Bonchev–Trinajstić information content (AvgIpc) is 2.37. The van der Waals surface area contributed by atoms with Crippen LogP contribution < -0.4 is 10.6 Å². The van der Waals surface area contributed by atoms with Crippen LogP contribution in [-0.4, -0.2) is 48.0 Å². The van der Waals surface area contributed by atoms with E-state index in [9.17, 15) is 5.11 Å². The Morgan fingerprint density at radius 3 is 2.53 bits per heavy atom. The summed E-state index contributed by atoms with van der Waals surface area (Å²) in [5.41, 5.74) is 0. The molecule has 3 N–H and O–H groups in total. The van der Waals surface area contributed by atoms with Crippen LogP contribution >= 0.6 is 0 Å². The molecular weight excluding hydrogens is 244 g/mol. The molecule has 6 nitrogen and oxygen atoms in total. The van der Waals surface area contributed by atoms with E-state index in [0.717, 1.165) is 36.8 Å². The molecule has 1 aromatic heterocycles. The van der Waals surface area contributed by atoms with Crippen LogP contribution in [0.1, 0.15) is 26.1 Å². The second kappa shape index (κ2) is 8.66. The van der Waals surface area contributed by atoms with E-state index < -0.39 is 6.10 Å². The van der Waals surface area contributed by atoms with E-state index in [0.29, 0.717) is 13.2 Å². The van der Waals surface area contributed by atoms with Crippen molar-refractivity contribution in [2.45, 2.75) is 32.8 Å². The Balaban J connectivity index is 2.69. The lowest BCUT2D eigenvalue weighted by molar-refractivity contribution is 0.0727. The van der Waals surface area contributed by atoms with Crippen molar-refractivity contribution in [2.24, 2.45) is 0 Å². The zero-order chi connectivity index (χ0) is 14.1. The van der Waals surface area contributed by atoms with Gasteiger partial charge in [-0.2, -0.15) is 0 Å². The fourth-order valence-electron chi connectivity index (χ4n) is 1.67. The van der Waals surface area contributed by atoms with Gasteiger partial charge in [-0.05, 0) is 13.3 Å². The van der Waals surface area contributed by atoms with E-state index in [1.807, 2.05) is 13.0 Å². The SMILES string of the molecule is CCCc1nc(NCC)cc(NCC(O)COC)n1. The zero-order valence-electron chi connectivity index (χ0n) is 11.9. The second-order valence-corrected chi connectivity index (χ2v) is 4.33. The van der Waals surface area contributed by atoms with Gasteiger partial charge in [0.05, 0.1) is 12.7 Å². The molecule has 0 fully saturated rings. The molecule has 1 aromatic rings. The van der Waals surface area contributed by atoms with Gasteiger partial charge in [-0.15, -0.1) is 0 Å². The van der Waals surface area contributed by atoms with Crippen LogP contribution in [0.3, 0.4) is 0 Å². The van der Waals surface area contributed by atoms with Gasteiger partial charge in [-0.1, -0.05) is 6.92 Å². The fourth-order valence-corrected chi connectivity index (χ4v) is 1.67. The molecule has 6 heteroatoms. The smallest absolute Gasteiger partial charge is 0.133 e. The number of nitrogens with one attached hydrogen (secondary N) is 2. The quantitative estimate of drug-likeness (QED) is 0.626. The topological polar surface area (TPSA) is 79.3 Å². The first-order valence-corrected chi connectivity index (χ1v) is 6.72. The molecular formula is C13H24N4O2. The van der Waals surface area contributed by atoms with Crippen molar-refractivity contribution in [1.82, 2.24) is 9.97 Å². The average molecular weight is 268 g/mol. The number of aliphatic hydroxyl groups is 1. The summed E-state index contributed by atoms with van der Waals surface area (Å²) in [6.45, 7) is 5.64. The molecule has 108 valence electrons. The first kappa shape index (κ1) is 15.7. The van der Waals surface area contributed by atoms with Crippen LogP contribution in [0, 0.1) is 0 Å². The molecule has 1 atom stereocenters. The van der Waals surface area contributed by atoms with Gasteiger partial charge in [0.25, 0.3) is 0 Å². The summed E-state index contributed by atoms with van der Waals surface area (Å²) in [5.74, 6) is 2.35. The highest BCUT2D eigenvalue weighted by Crippen LogP contribution is 2.12. The standard InChI is InChI=1S/C13H24N4O2/c1-4-6-11-16-12(14-5-2)7-13(17-11)15-8-10(18)9-19-3/h7,10,18H,4-6,8-9H2,1-3H3,(H2,14,15,16,17). The maximum Gasteiger partial charge on any atom is 0.133 e. The predicted molar refractivity (Wildman–Crippen MR) is 76.6 cm³/mol. The third-order valence-corrected chi connectivity index (χ3v) is 2.48. The first-order chi connectivity index (χ1) is 9.19.